The third kappa shape index (κ3) is 4.70. The summed E-state index contributed by atoms with van der Waals surface area (Å²) in [5.41, 5.74) is 1.41. The van der Waals surface area contributed by atoms with Crippen LogP contribution in [0.2, 0.25) is 0 Å². The van der Waals surface area contributed by atoms with Gasteiger partial charge < -0.3 is 5.32 Å². The van der Waals surface area contributed by atoms with Gasteiger partial charge in [0.1, 0.15) is 5.69 Å². The highest BCUT2D eigenvalue weighted by Gasteiger charge is 2.24. The van der Waals surface area contributed by atoms with E-state index in [9.17, 15) is 4.79 Å². The van der Waals surface area contributed by atoms with Crippen LogP contribution in [-0.2, 0) is 0 Å². The van der Waals surface area contributed by atoms with E-state index in [1.165, 1.54) is 11.3 Å². The van der Waals surface area contributed by atoms with E-state index >= 15 is 0 Å². The minimum atomic E-state index is -0.207. The van der Waals surface area contributed by atoms with E-state index in [0.717, 1.165) is 12.0 Å². The van der Waals surface area contributed by atoms with Crippen LogP contribution in [0.15, 0.2) is 48.4 Å². The molecule has 3 rings (SSSR count). The lowest BCUT2D eigenvalue weighted by Gasteiger charge is -2.26. The first kappa shape index (κ1) is 18.1. The number of nitrogens with one attached hydrogen (secondary N) is 1. The normalized spacial score (nSPS) is 12.6. The second-order valence-electron chi connectivity index (χ2n) is 7.19. The van der Waals surface area contributed by atoms with Crippen LogP contribution in [-0.4, -0.2) is 25.8 Å². The molecule has 0 saturated heterocycles. The molecule has 6 nitrogen and oxygen atoms in total. The lowest BCUT2D eigenvalue weighted by Crippen LogP contribution is -2.31. The van der Waals surface area contributed by atoms with E-state index in [0.29, 0.717) is 16.5 Å². The fraction of sp³-hybridized carbons (Fsp3) is 0.316. The average Bonchev–Trinajstić information content (AvgIpc) is 3.12. The van der Waals surface area contributed by atoms with E-state index in [2.05, 4.69) is 46.0 Å². The number of thiazole rings is 1. The van der Waals surface area contributed by atoms with Crippen LogP contribution in [0, 0.1) is 5.41 Å². The quantitative estimate of drug-likeness (QED) is 0.740. The lowest BCUT2D eigenvalue weighted by molar-refractivity contribution is 0.0922. The molecule has 0 aliphatic heterocycles. The third-order valence-electron chi connectivity index (χ3n) is 3.70. The van der Waals surface area contributed by atoms with Crippen molar-refractivity contribution in [1.29, 1.82) is 0 Å². The Morgan fingerprint density at radius 2 is 1.96 bits per heavy atom. The number of carbonyl (C=O) groups is 1. The van der Waals surface area contributed by atoms with Crippen LogP contribution in [0.5, 0.6) is 0 Å². The maximum atomic E-state index is 12.7. The van der Waals surface area contributed by atoms with E-state index in [1.54, 1.807) is 36.2 Å². The van der Waals surface area contributed by atoms with Crippen LogP contribution in [0.3, 0.4) is 0 Å². The van der Waals surface area contributed by atoms with Crippen LogP contribution >= 0.6 is 11.3 Å². The van der Waals surface area contributed by atoms with E-state index in [-0.39, 0.29) is 17.4 Å². The van der Waals surface area contributed by atoms with E-state index in [4.69, 9.17) is 0 Å². The first-order valence-corrected chi connectivity index (χ1v) is 9.24. The predicted octanol–water partition coefficient (Wildman–Crippen LogP) is 3.90. The number of amides is 1. The standard InChI is InChI=1S/C19H21N5OS/c1-19(2,3)10-14(13-6-4-7-20-11-13)23-17(25)15-12-26-18(24-15)16-21-8-5-9-22-16/h4-9,11-12,14H,10H2,1-3H3,(H,23,25). The molecule has 7 heteroatoms. The molecule has 0 aliphatic carbocycles. The zero-order valence-electron chi connectivity index (χ0n) is 15.0. The summed E-state index contributed by atoms with van der Waals surface area (Å²) < 4.78 is 0. The van der Waals surface area contributed by atoms with Gasteiger partial charge in [0.25, 0.3) is 5.91 Å². The van der Waals surface area contributed by atoms with Gasteiger partial charge in [-0.15, -0.1) is 11.3 Å². The number of hydrogen-bond acceptors (Lipinski definition) is 6. The second-order valence-corrected chi connectivity index (χ2v) is 8.05. The van der Waals surface area contributed by atoms with Gasteiger partial charge in [-0.2, -0.15) is 0 Å². The summed E-state index contributed by atoms with van der Waals surface area (Å²) in [6.07, 6.45) is 7.63. The van der Waals surface area contributed by atoms with Crippen molar-refractivity contribution < 1.29 is 4.79 Å². The largest absolute Gasteiger partial charge is 0.344 e. The maximum absolute atomic E-state index is 12.7. The molecular weight excluding hydrogens is 346 g/mol. The lowest BCUT2D eigenvalue weighted by atomic mass is 9.86. The van der Waals surface area contributed by atoms with E-state index < -0.39 is 0 Å². The van der Waals surface area contributed by atoms with Crippen molar-refractivity contribution in [3.63, 3.8) is 0 Å². The van der Waals surface area contributed by atoms with Gasteiger partial charge >= 0.3 is 0 Å². The Hall–Kier alpha value is -2.67. The summed E-state index contributed by atoms with van der Waals surface area (Å²) in [7, 11) is 0. The van der Waals surface area contributed by atoms with Crippen molar-refractivity contribution >= 4 is 17.2 Å². The van der Waals surface area contributed by atoms with Gasteiger partial charge in [0.2, 0.25) is 0 Å². The fourth-order valence-corrected chi connectivity index (χ4v) is 3.31. The van der Waals surface area contributed by atoms with Gasteiger partial charge in [0.05, 0.1) is 6.04 Å². The molecule has 134 valence electrons. The average molecular weight is 367 g/mol. The minimum Gasteiger partial charge on any atom is -0.344 e. The van der Waals surface area contributed by atoms with Gasteiger partial charge in [0, 0.05) is 30.2 Å². The summed E-state index contributed by atoms with van der Waals surface area (Å²) in [6, 6.07) is 5.48. The molecule has 0 aromatic carbocycles. The summed E-state index contributed by atoms with van der Waals surface area (Å²) in [4.78, 5) is 29.6. The second kappa shape index (κ2) is 7.70. The summed E-state index contributed by atoms with van der Waals surface area (Å²) in [6.45, 7) is 6.45. The smallest absolute Gasteiger partial charge is 0.271 e. The number of pyridine rings is 1. The molecule has 0 radical (unpaired) electrons. The Labute approximate surface area is 156 Å². The first-order valence-electron chi connectivity index (χ1n) is 8.36. The summed E-state index contributed by atoms with van der Waals surface area (Å²) in [5, 5.41) is 5.46. The van der Waals surface area contributed by atoms with Gasteiger partial charge in [-0.25, -0.2) is 15.0 Å². The molecule has 1 N–H and O–H groups in total. The molecule has 1 unspecified atom stereocenters. The van der Waals surface area contributed by atoms with Gasteiger partial charge in [-0.3, -0.25) is 9.78 Å². The zero-order valence-corrected chi connectivity index (χ0v) is 15.8. The van der Waals surface area contributed by atoms with Crippen LogP contribution in [0.4, 0.5) is 0 Å². The topological polar surface area (TPSA) is 80.7 Å². The van der Waals surface area contributed by atoms with Gasteiger partial charge in [0.15, 0.2) is 10.8 Å². The summed E-state index contributed by atoms with van der Waals surface area (Å²) >= 11 is 1.36. The number of rotatable bonds is 5. The van der Waals surface area contributed by atoms with Crippen molar-refractivity contribution in [3.8, 4) is 10.8 Å². The summed E-state index contributed by atoms with van der Waals surface area (Å²) in [5.74, 6) is 0.316. The van der Waals surface area contributed by atoms with Crippen LogP contribution in [0.1, 0.15) is 49.3 Å². The van der Waals surface area contributed by atoms with Crippen molar-refractivity contribution in [1.82, 2.24) is 25.3 Å². The van der Waals surface area contributed by atoms with Crippen molar-refractivity contribution in [2.75, 3.05) is 0 Å². The molecular formula is C19H21N5OS. The minimum absolute atomic E-state index is 0.0545. The van der Waals surface area contributed by atoms with Crippen molar-refractivity contribution in [2.24, 2.45) is 5.41 Å². The number of aromatic nitrogens is 4. The molecule has 1 atom stereocenters. The molecule has 3 heterocycles. The monoisotopic (exact) mass is 367 g/mol. The highest BCUT2D eigenvalue weighted by Crippen LogP contribution is 2.29. The first-order chi connectivity index (χ1) is 12.4. The van der Waals surface area contributed by atoms with Crippen molar-refractivity contribution in [3.05, 3.63) is 59.6 Å². The van der Waals surface area contributed by atoms with Crippen LogP contribution < -0.4 is 5.32 Å². The SMILES string of the molecule is CC(C)(C)CC(NC(=O)c1csc(-c2ncccn2)n1)c1cccnc1. The third-order valence-corrected chi connectivity index (χ3v) is 4.54. The molecule has 0 spiro atoms. The Bertz CT molecular complexity index is 858. The molecule has 0 bridgehead atoms. The molecule has 0 saturated carbocycles. The Kier molecular flexibility index (Phi) is 5.37. The number of nitrogens with zero attached hydrogens (tertiary/aromatic N) is 4. The molecule has 1 amide bonds. The number of hydrogen-bond donors (Lipinski definition) is 1. The zero-order chi connectivity index (χ0) is 18.6. The highest BCUT2D eigenvalue weighted by molar-refractivity contribution is 7.13. The number of carbonyl (C=O) groups excluding carboxylic acids is 1. The Morgan fingerprint density at radius 3 is 2.62 bits per heavy atom. The van der Waals surface area contributed by atoms with Gasteiger partial charge in [-0.05, 0) is 29.5 Å². The highest BCUT2D eigenvalue weighted by atomic mass is 32.1. The Morgan fingerprint density at radius 1 is 1.19 bits per heavy atom. The molecule has 26 heavy (non-hydrogen) atoms. The van der Waals surface area contributed by atoms with Gasteiger partial charge in [-0.1, -0.05) is 26.8 Å². The van der Waals surface area contributed by atoms with Crippen molar-refractivity contribution in [2.45, 2.75) is 33.2 Å². The predicted molar refractivity (Wildman–Crippen MR) is 102 cm³/mol. The molecule has 3 aromatic rings. The van der Waals surface area contributed by atoms with E-state index in [1.807, 2.05) is 12.1 Å². The fourth-order valence-electron chi connectivity index (χ4n) is 2.57. The Balaban J connectivity index is 1.79. The maximum Gasteiger partial charge on any atom is 0.271 e. The molecule has 0 fully saturated rings. The molecule has 3 aromatic heterocycles. The molecule has 0 aliphatic rings. The van der Waals surface area contributed by atoms with Crippen LogP contribution in [0.25, 0.3) is 10.8 Å².